The van der Waals surface area contributed by atoms with E-state index in [0.717, 1.165) is 17.8 Å². The fourth-order valence-electron chi connectivity index (χ4n) is 1.92. The third-order valence-electron chi connectivity index (χ3n) is 2.89. The lowest BCUT2D eigenvalue weighted by Gasteiger charge is -2.16. The zero-order valence-corrected chi connectivity index (χ0v) is 12.0. The van der Waals surface area contributed by atoms with Gasteiger partial charge in [0.1, 0.15) is 5.75 Å². The zero-order valence-electron chi connectivity index (χ0n) is 12.0. The molecule has 1 aromatic heterocycles. The van der Waals surface area contributed by atoms with Crippen LogP contribution in [0.15, 0.2) is 36.5 Å². The Bertz CT molecular complexity index is 618. The molecule has 0 amide bonds. The first-order valence-corrected chi connectivity index (χ1v) is 6.58. The van der Waals surface area contributed by atoms with Gasteiger partial charge in [0.25, 0.3) is 0 Å². The van der Waals surface area contributed by atoms with Crippen LogP contribution >= 0.6 is 0 Å². The first kappa shape index (κ1) is 15.4. The quantitative estimate of drug-likeness (QED) is 0.806. The molecule has 0 aliphatic carbocycles. The molecule has 1 aromatic carbocycles. The summed E-state index contributed by atoms with van der Waals surface area (Å²) < 4.78 is 44.3. The molecule has 0 aliphatic heterocycles. The van der Waals surface area contributed by atoms with E-state index in [9.17, 15) is 13.2 Å². The number of hydrogen-bond acceptors (Lipinski definition) is 2. The summed E-state index contributed by atoms with van der Waals surface area (Å²) in [5.41, 5.74) is 1.10. The van der Waals surface area contributed by atoms with E-state index in [-0.39, 0.29) is 6.10 Å². The second-order valence-corrected chi connectivity index (χ2v) is 5.06. The summed E-state index contributed by atoms with van der Waals surface area (Å²) >= 11 is 0. The van der Waals surface area contributed by atoms with Crippen LogP contribution in [0.25, 0.3) is 11.1 Å². The molecule has 0 aliphatic rings. The molecule has 2 nitrogen and oxygen atoms in total. The predicted octanol–water partition coefficient (Wildman–Crippen LogP) is 4.86. The maximum Gasteiger partial charge on any atom is 0.416 e. The topological polar surface area (TPSA) is 22.1 Å². The Morgan fingerprint density at radius 3 is 2.33 bits per heavy atom. The molecule has 0 fully saturated rings. The number of aryl methyl sites for hydroxylation is 1. The van der Waals surface area contributed by atoms with E-state index in [1.54, 1.807) is 18.3 Å². The number of nitrogens with zero attached hydrogens (tertiary/aromatic N) is 1. The summed E-state index contributed by atoms with van der Waals surface area (Å²) in [6.45, 7) is 5.48. The van der Waals surface area contributed by atoms with Crippen LogP contribution in [-0.4, -0.2) is 11.1 Å². The summed E-state index contributed by atoms with van der Waals surface area (Å²) in [6, 6.07) is 6.99. The number of rotatable bonds is 3. The molecule has 0 N–H and O–H groups in total. The van der Waals surface area contributed by atoms with Gasteiger partial charge in [0.2, 0.25) is 0 Å². The molecular formula is C16H16F3NO. The molecule has 0 atom stereocenters. The Hall–Kier alpha value is -2.04. The van der Waals surface area contributed by atoms with Crippen molar-refractivity contribution in [2.24, 2.45) is 0 Å². The summed E-state index contributed by atoms with van der Waals surface area (Å²) in [6.07, 6.45) is -2.96. The Kier molecular flexibility index (Phi) is 4.21. The van der Waals surface area contributed by atoms with Gasteiger partial charge in [0.15, 0.2) is 0 Å². The van der Waals surface area contributed by atoms with Gasteiger partial charge in [-0.2, -0.15) is 13.2 Å². The third kappa shape index (κ3) is 3.74. The second-order valence-electron chi connectivity index (χ2n) is 5.06. The van der Waals surface area contributed by atoms with Crippen molar-refractivity contribution in [3.63, 3.8) is 0 Å². The molecule has 2 aromatic rings. The van der Waals surface area contributed by atoms with Crippen molar-refractivity contribution >= 4 is 0 Å². The average molecular weight is 295 g/mol. The number of aromatic nitrogens is 1. The highest BCUT2D eigenvalue weighted by Crippen LogP contribution is 2.37. The van der Waals surface area contributed by atoms with Gasteiger partial charge in [-0.15, -0.1) is 0 Å². The Morgan fingerprint density at radius 2 is 1.81 bits per heavy atom. The molecule has 21 heavy (non-hydrogen) atoms. The maximum atomic E-state index is 12.9. The fraction of sp³-hybridized carbons (Fsp3) is 0.312. The van der Waals surface area contributed by atoms with E-state index in [4.69, 9.17) is 4.74 Å². The number of benzene rings is 1. The maximum absolute atomic E-state index is 12.9. The van der Waals surface area contributed by atoms with E-state index in [2.05, 4.69) is 4.98 Å². The van der Waals surface area contributed by atoms with Crippen molar-refractivity contribution in [2.45, 2.75) is 33.1 Å². The van der Waals surface area contributed by atoms with E-state index < -0.39 is 11.7 Å². The average Bonchev–Trinajstić information content (AvgIpc) is 2.38. The van der Waals surface area contributed by atoms with Crippen molar-refractivity contribution in [1.29, 1.82) is 0 Å². The van der Waals surface area contributed by atoms with E-state index >= 15 is 0 Å². The van der Waals surface area contributed by atoms with Crippen LogP contribution in [0.5, 0.6) is 5.75 Å². The minimum atomic E-state index is -4.39. The highest BCUT2D eigenvalue weighted by Gasteiger charge is 2.31. The summed E-state index contributed by atoms with van der Waals surface area (Å²) in [4.78, 5) is 4.13. The smallest absolute Gasteiger partial charge is 0.416 e. The van der Waals surface area contributed by atoms with Gasteiger partial charge in [0.05, 0.1) is 11.7 Å². The summed E-state index contributed by atoms with van der Waals surface area (Å²) in [7, 11) is 0. The molecule has 1 heterocycles. The number of alkyl halides is 3. The zero-order chi connectivity index (χ0) is 15.6. The third-order valence-corrected chi connectivity index (χ3v) is 2.89. The van der Waals surface area contributed by atoms with Gasteiger partial charge in [-0.05, 0) is 45.0 Å². The van der Waals surface area contributed by atoms with Crippen molar-refractivity contribution in [3.05, 3.63) is 47.8 Å². The highest BCUT2D eigenvalue weighted by molar-refractivity contribution is 5.70. The Morgan fingerprint density at radius 1 is 1.10 bits per heavy atom. The number of hydrogen-bond donors (Lipinski definition) is 0. The molecule has 0 spiro atoms. The summed E-state index contributed by atoms with van der Waals surface area (Å²) in [5, 5.41) is 0. The predicted molar refractivity (Wildman–Crippen MR) is 75.2 cm³/mol. The SMILES string of the molecule is Cc1ccc(-c2cc(C(F)(F)F)ccc2OC(C)C)cn1. The van der Waals surface area contributed by atoms with Gasteiger partial charge in [-0.3, -0.25) is 4.98 Å². The van der Waals surface area contributed by atoms with Crippen LogP contribution in [0.1, 0.15) is 25.1 Å². The van der Waals surface area contributed by atoms with Crippen LogP contribution in [-0.2, 0) is 6.18 Å². The summed E-state index contributed by atoms with van der Waals surface area (Å²) in [5.74, 6) is 0.420. The fourth-order valence-corrected chi connectivity index (χ4v) is 1.92. The standard InChI is InChI=1S/C16H16F3NO/c1-10(2)21-15-7-6-13(16(17,18)19)8-14(15)12-5-4-11(3)20-9-12/h4-10H,1-3H3. The van der Waals surface area contributed by atoms with Crippen molar-refractivity contribution in [2.75, 3.05) is 0 Å². The molecule has 5 heteroatoms. The van der Waals surface area contributed by atoms with E-state index in [1.807, 2.05) is 20.8 Å². The van der Waals surface area contributed by atoms with Crippen molar-refractivity contribution in [3.8, 4) is 16.9 Å². The van der Waals surface area contributed by atoms with Gasteiger partial charge in [0, 0.05) is 23.0 Å². The lowest BCUT2D eigenvalue weighted by atomic mass is 10.0. The van der Waals surface area contributed by atoms with Crippen LogP contribution < -0.4 is 4.74 Å². The molecule has 112 valence electrons. The van der Waals surface area contributed by atoms with Crippen molar-refractivity contribution < 1.29 is 17.9 Å². The lowest BCUT2D eigenvalue weighted by Crippen LogP contribution is -2.09. The molecule has 2 rings (SSSR count). The van der Waals surface area contributed by atoms with Crippen LogP contribution in [0, 0.1) is 6.92 Å². The Labute approximate surface area is 121 Å². The largest absolute Gasteiger partial charge is 0.490 e. The van der Waals surface area contributed by atoms with Crippen LogP contribution in [0.3, 0.4) is 0 Å². The van der Waals surface area contributed by atoms with E-state index in [0.29, 0.717) is 16.9 Å². The first-order valence-electron chi connectivity index (χ1n) is 6.58. The minimum absolute atomic E-state index is 0.126. The number of pyridine rings is 1. The van der Waals surface area contributed by atoms with Crippen LogP contribution in [0.4, 0.5) is 13.2 Å². The molecular weight excluding hydrogens is 279 g/mol. The minimum Gasteiger partial charge on any atom is -0.490 e. The van der Waals surface area contributed by atoms with Gasteiger partial charge in [-0.1, -0.05) is 6.07 Å². The molecule has 0 unspecified atom stereocenters. The van der Waals surface area contributed by atoms with E-state index in [1.165, 1.54) is 6.07 Å². The van der Waals surface area contributed by atoms with Gasteiger partial charge >= 0.3 is 6.18 Å². The van der Waals surface area contributed by atoms with Crippen LogP contribution in [0.2, 0.25) is 0 Å². The lowest BCUT2D eigenvalue weighted by molar-refractivity contribution is -0.137. The van der Waals surface area contributed by atoms with Crippen molar-refractivity contribution in [1.82, 2.24) is 4.98 Å². The molecule has 0 saturated heterocycles. The van der Waals surface area contributed by atoms with Gasteiger partial charge < -0.3 is 4.74 Å². The van der Waals surface area contributed by atoms with Gasteiger partial charge in [-0.25, -0.2) is 0 Å². The highest BCUT2D eigenvalue weighted by atomic mass is 19.4. The number of halogens is 3. The monoisotopic (exact) mass is 295 g/mol. The molecule has 0 radical (unpaired) electrons. The molecule has 0 bridgehead atoms. The second kappa shape index (κ2) is 5.76. The normalized spacial score (nSPS) is 11.8. The first-order chi connectivity index (χ1) is 9.77. The Balaban J connectivity index is 2.55. The molecule has 0 saturated carbocycles. The number of ether oxygens (including phenoxy) is 1.